The van der Waals surface area contributed by atoms with Crippen LogP contribution in [-0.4, -0.2) is 46.8 Å². The average molecular weight is 512 g/mol. The molecule has 0 saturated carbocycles. The summed E-state index contributed by atoms with van der Waals surface area (Å²) in [4.78, 5) is 29.1. The van der Waals surface area contributed by atoms with E-state index >= 15 is 0 Å². The first-order valence-corrected chi connectivity index (χ1v) is 11.5. The van der Waals surface area contributed by atoms with E-state index in [1.54, 1.807) is 58.4 Å². The van der Waals surface area contributed by atoms with Crippen LogP contribution in [0.1, 0.15) is 25.0 Å². The topological polar surface area (TPSA) is 40.6 Å². The van der Waals surface area contributed by atoms with E-state index in [-0.39, 0.29) is 23.9 Å². The molecule has 0 N–H and O–H groups in total. The summed E-state index contributed by atoms with van der Waals surface area (Å²) >= 11 is 24.2. The molecule has 1 saturated heterocycles. The number of benzene rings is 2. The van der Waals surface area contributed by atoms with Gasteiger partial charge in [-0.05, 0) is 61.4 Å². The number of amides is 2. The minimum atomic E-state index is -0.138. The molecule has 0 radical (unpaired) electrons. The lowest BCUT2D eigenvalue weighted by molar-refractivity contribution is -0.139. The van der Waals surface area contributed by atoms with Gasteiger partial charge in [-0.2, -0.15) is 0 Å². The summed E-state index contributed by atoms with van der Waals surface area (Å²) in [7, 11) is 0. The summed E-state index contributed by atoms with van der Waals surface area (Å²) < 4.78 is 0. The van der Waals surface area contributed by atoms with Crippen molar-refractivity contribution in [3.05, 3.63) is 79.8 Å². The first-order chi connectivity index (χ1) is 15.2. The highest BCUT2D eigenvalue weighted by Gasteiger charge is 2.32. The Hall–Kier alpha value is -1.98. The van der Waals surface area contributed by atoms with Crippen molar-refractivity contribution in [3.63, 3.8) is 0 Å². The molecule has 0 aliphatic carbocycles. The first-order valence-electron chi connectivity index (χ1n) is 10.0. The number of hydrogen-bond donors (Lipinski definition) is 0. The highest BCUT2D eigenvalue weighted by Crippen LogP contribution is 2.24. The number of nitrogens with zero attached hydrogens (tertiary/aromatic N) is 2. The van der Waals surface area contributed by atoms with Crippen LogP contribution in [0.3, 0.4) is 0 Å². The summed E-state index contributed by atoms with van der Waals surface area (Å²) in [6.07, 6.45) is 6.35. The molecule has 2 aromatic rings. The Labute approximate surface area is 208 Å². The Bertz CT molecular complexity index is 998. The zero-order valence-corrected chi connectivity index (χ0v) is 20.6. The van der Waals surface area contributed by atoms with Gasteiger partial charge in [0.15, 0.2) is 0 Å². The van der Waals surface area contributed by atoms with E-state index in [1.165, 1.54) is 12.2 Å². The quantitative estimate of drug-likeness (QED) is 0.441. The van der Waals surface area contributed by atoms with Crippen LogP contribution in [0, 0.1) is 0 Å². The van der Waals surface area contributed by atoms with Gasteiger partial charge in [-0.15, -0.1) is 0 Å². The second kappa shape index (κ2) is 10.8. The molecule has 8 heteroatoms. The van der Waals surface area contributed by atoms with E-state index in [1.807, 2.05) is 13.8 Å². The second-order valence-electron chi connectivity index (χ2n) is 7.68. The standard InChI is InChI=1S/C24H22Cl4N2O2/c1-15-13-30(24(32)10-6-18-4-8-20(26)12-22(18)28)16(2)14-29(15)23(31)9-5-17-3-7-19(25)11-21(17)27/h3-12,15-16H,13-14H2,1-2H3. The molecule has 2 aromatic carbocycles. The van der Waals surface area contributed by atoms with Crippen LogP contribution in [0.2, 0.25) is 20.1 Å². The van der Waals surface area contributed by atoms with E-state index in [4.69, 9.17) is 46.4 Å². The fraction of sp³-hybridized carbons (Fsp3) is 0.250. The monoisotopic (exact) mass is 510 g/mol. The van der Waals surface area contributed by atoms with Crippen molar-refractivity contribution in [1.82, 2.24) is 9.80 Å². The Morgan fingerprint density at radius 2 is 1.12 bits per heavy atom. The van der Waals surface area contributed by atoms with E-state index in [9.17, 15) is 9.59 Å². The maximum atomic E-state index is 12.8. The molecule has 0 spiro atoms. The second-order valence-corrected chi connectivity index (χ2v) is 9.36. The Morgan fingerprint density at radius 1 is 0.750 bits per heavy atom. The Morgan fingerprint density at radius 3 is 1.47 bits per heavy atom. The lowest BCUT2D eigenvalue weighted by atomic mass is 10.1. The van der Waals surface area contributed by atoms with Crippen LogP contribution >= 0.6 is 46.4 Å². The van der Waals surface area contributed by atoms with E-state index in [0.29, 0.717) is 44.3 Å². The van der Waals surface area contributed by atoms with Gasteiger partial charge in [0.25, 0.3) is 0 Å². The van der Waals surface area contributed by atoms with E-state index in [2.05, 4.69) is 0 Å². The van der Waals surface area contributed by atoms with Crippen molar-refractivity contribution in [1.29, 1.82) is 0 Å². The van der Waals surface area contributed by atoms with Gasteiger partial charge in [-0.25, -0.2) is 0 Å². The van der Waals surface area contributed by atoms with Gasteiger partial charge < -0.3 is 9.80 Å². The summed E-state index contributed by atoms with van der Waals surface area (Å²) in [5.41, 5.74) is 1.43. The number of carbonyl (C=O) groups excluding carboxylic acids is 2. The van der Waals surface area contributed by atoms with Crippen molar-refractivity contribution in [2.45, 2.75) is 25.9 Å². The molecule has 3 rings (SSSR count). The molecule has 1 fully saturated rings. The SMILES string of the molecule is CC1CN(C(=O)C=Cc2ccc(Cl)cc2Cl)C(C)CN1C(=O)C=Cc1ccc(Cl)cc1Cl. The predicted molar refractivity (Wildman–Crippen MR) is 133 cm³/mol. The molecular weight excluding hydrogens is 490 g/mol. The van der Waals surface area contributed by atoms with Crippen LogP contribution < -0.4 is 0 Å². The van der Waals surface area contributed by atoms with Crippen molar-refractivity contribution in [2.24, 2.45) is 0 Å². The molecular formula is C24H22Cl4N2O2. The maximum absolute atomic E-state index is 12.8. The lowest BCUT2D eigenvalue weighted by Crippen LogP contribution is -2.59. The molecule has 1 heterocycles. The third-order valence-electron chi connectivity index (χ3n) is 5.29. The molecule has 1 aliphatic rings. The largest absolute Gasteiger partial charge is 0.333 e. The number of hydrogen-bond acceptors (Lipinski definition) is 2. The molecule has 0 bridgehead atoms. The van der Waals surface area contributed by atoms with E-state index < -0.39 is 0 Å². The van der Waals surface area contributed by atoms with Crippen molar-refractivity contribution in [2.75, 3.05) is 13.1 Å². The predicted octanol–water partition coefficient (Wildman–Crippen LogP) is 6.47. The number of piperazine rings is 1. The van der Waals surface area contributed by atoms with Gasteiger partial charge in [-0.1, -0.05) is 58.5 Å². The van der Waals surface area contributed by atoms with Gasteiger partial charge in [0.1, 0.15) is 0 Å². The summed E-state index contributed by atoms with van der Waals surface area (Å²) in [5.74, 6) is -0.267. The van der Waals surface area contributed by atoms with Gasteiger partial charge in [0.05, 0.1) is 0 Å². The normalized spacial score (nSPS) is 19.2. The summed E-state index contributed by atoms with van der Waals surface area (Å²) in [6.45, 7) is 4.71. The molecule has 0 aromatic heterocycles. The van der Waals surface area contributed by atoms with Crippen molar-refractivity contribution >= 4 is 70.4 Å². The van der Waals surface area contributed by atoms with Crippen molar-refractivity contribution in [3.8, 4) is 0 Å². The zero-order chi connectivity index (χ0) is 23.4. The highest BCUT2D eigenvalue weighted by atomic mass is 35.5. The Kier molecular flexibility index (Phi) is 8.29. The summed E-state index contributed by atoms with van der Waals surface area (Å²) in [5, 5.41) is 2.03. The highest BCUT2D eigenvalue weighted by molar-refractivity contribution is 6.36. The molecule has 2 amide bonds. The molecule has 32 heavy (non-hydrogen) atoms. The maximum Gasteiger partial charge on any atom is 0.246 e. The van der Waals surface area contributed by atoms with Gasteiger partial charge in [-0.3, -0.25) is 9.59 Å². The fourth-order valence-corrected chi connectivity index (χ4v) is 4.47. The molecule has 1 aliphatic heterocycles. The third-order valence-corrected chi connectivity index (χ3v) is 6.41. The average Bonchev–Trinajstić information content (AvgIpc) is 2.73. The zero-order valence-electron chi connectivity index (χ0n) is 17.6. The lowest BCUT2D eigenvalue weighted by Gasteiger charge is -2.43. The van der Waals surface area contributed by atoms with Crippen LogP contribution in [0.4, 0.5) is 0 Å². The molecule has 2 atom stereocenters. The first kappa shape index (κ1) is 24.7. The fourth-order valence-electron chi connectivity index (χ4n) is 3.53. The van der Waals surface area contributed by atoms with Crippen molar-refractivity contribution < 1.29 is 9.59 Å². The summed E-state index contributed by atoms with van der Waals surface area (Å²) in [6, 6.07) is 9.95. The smallest absolute Gasteiger partial charge is 0.246 e. The van der Waals surface area contributed by atoms with Gasteiger partial charge >= 0.3 is 0 Å². The molecule has 4 nitrogen and oxygen atoms in total. The minimum Gasteiger partial charge on any atom is -0.333 e. The Balaban J connectivity index is 1.65. The minimum absolute atomic E-state index is 0.133. The van der Waals surface area contributed by atoms with Crippen LogP contribution in [0.15, 0.2) is 48.6 Å². The molecule has 168 valence electrons. The third kappa shape index (κ3) is 6.08. The number of carbonyl (C=O) groups is 2. The van der Waals surface area contributed by atoms with Gasteiger partial charge in [0.2, 0.25) is 11.8 Å². The van der Waals surface area contributed by atoms with Gasteiger partial charge in [0, 0.05) is 57.4 Å². The molecule has 2 unspecified atom stereocenters. The van der Waals surface area contributed by atoms with Crippen LogP contribution in [-0.2, 0) is 9.59 Å². The number of halogens is 4. The number of rotatable bonds is 4. The van der Waals surface area contributed by atoms with Crippen LogP contribution in [0.5, 0.6) is 0 Å². The van der Waals surface area contributed by atoms with E-state index in [0.717, 1.165) is 0 Å². The van der Waals surface area contributed by atoms with Crippen LogP contribution in [0.25, 0.3) is 12.2 Å².